The van der Waals surface area contributed by atoms with Crippen LogP contribution >= 0.6 is 34.8 Å². The second-order valence-corrected chi connectivity index (χ2v) is 8.12. The third-order valence-corrected chi connectivity index (χ3v) is 5.81. The molecule has 2 aromatic heterocycles. The predicted octanol–water partition coefficient (Wildman–Crippen LogP) is 3.83. The van der Waals surface area contributed by atoms with Crippen LogP contribution in [-0.2, 0) is 7.05 Å². The van der Waals surface area contributed by atoms with E-state index in [0.29, 0.717) is 39.8 Å². The Bertz CT molecular complexity index is 1140. The number of aromatic nitrogens is 3. The van der Waals surface area contributed by atoms with E-state index >= 15 is 0 Å². The van der Waals surface area contributed by atoms with Crippen molar-refractivity contribution in [1.29, 1.82) is 0 Å². The van der Waals surface area contributed by atoms with Crippen molar-refractivity contribution in [2.75, 3.05) is 18.0 Å². The van der Waals surface area contributed by atoms with Crippen molar-refractivity contribution < 1.29 is 9.67 Å². The summed E-state index contributed by atoms with van der Waals surface area (Å²) < 4.78 is 3.29. The van der Waals surface area contributed by atoms with E-state index in [2.05, 4.69) is 4.98 Å². The second-order valence-electron chi connectivity index (χ2n) is 6.86. The average Bonchev–Trinajstić information content (AvgIpc) is 3.06. The van der Waals surface area contributed by atoms with Crippen LogP contribution in [0.25, 0.3) is 11.1 Å². The number of pyridine rings is 1. The van der Waals surface area contributed by atoms with E-state index in [4.69, 9.17) is 34.8 Å². The number of hydrogen-bond acceptors (Lipinski definition) is 4. The van der Waals surface area contributed by atoms with Crippen LogP contribution in [0.4, 0.5) is 5.95 Å². The molecule has 3 heterocycles. The smallest absolute Gasteiger partial charge is 0.366 e. The van der Waals surface area contributed by atoms with Gasteiger partial charge in [0.05, 0.1) is 13.6 Å². The first kappa shape index (κ1) is 20.0. The van der Waals surface area contributed by atoms with Crippen LogP contribution in [0.2, 0.25) is 15.2 Å². The monoisotopic (exact) mass is 451 g/mol. The van der Waals surface area contributed by atoms with Gasteiger partial charge in [0, 0.05) is 21.8 Å². The fourth-order valence-corrected chi connectivity index (χ4v) is 4.45. The molecular weight excluding hydrogens is 435 g/mol. The average molecular weight is 453 g/mol. The Kier molecular flexibility index (Phi) is 5.19. The van der Waals surface area contributed by atoms with Gasteiger partial charge in [-0.1, -0.05) is 40.9 Å². The molecule has 0 aliphatic carbocycles. The lowest BCUT2D eigenvalue weighted by Gasteiger charge is -2.14. The fraction of sp³-hybridized carbons (Fsp3) is 0.250. The molecule has 29 heavy (non-hydrogen) atoms. The largest absolute Gasteiger partial charge is 0.483 e. The molecule has 1 atom stereocenters. The highest BCUT2D eigenvalue weighted by atomic mass is 35.5. The molecule has 0 saturated carbocycles. The first-order valence-corrected chi connectivity index (χ1v) is 10.2. The Hall–Kier alpha value is -2.28. The van der Waals surface area contributed by atoms with Crippen molar-refractivity contribution in [3.05, 3.63) is 67.6 Å². The molecule has 1 unspecified atom stereocenters. The van der Waals surface area contributed by atoms with E-state index in [1.165, 1.54) is 0 Å². The number of anilines is 1. The van der Waals surface area contributed by atoms with Gasteiger partial charge in [0.1, 0.15) is 23.3 Å². The minimum absolute atomic E-state index is 0.144. The van der Waals surface area contributed by atoms with E-state index in [1.807, 2.05) is 17.9 Å². The number of benzene rings is 1. The maximum atomic E-state index is 13.6. The molecule has 1 aliphatic rings. The van der Waals surface area contributed by atoms with Gasteiger partial charge in [0.25, 0.3) is 5.88 Å². The van der Waals surface area contributed by atoms with Crippen LogP contribution in [0.1, 0.15) is 18.5 Å². The molecule has 3 aromatic rings. The maximum absolute atomic E-state index is 13.6. The van der Waals surface area contributed by atoms with Gasteiger partial charge in [-0.05, 0) is 36.8 Å². The zero-order valence-corrected chi connectivity index (χ0v) is 18.0. The van der Waals surface area contributed by atoms with Crippen molar-refractivity contribution in [2.24, 2.45) is 7.05 Å². The van der Waals surface area contributed by atoms with E-state index in [1.54, 1.807) is 46.6 Å². The third kappa shape index (κ3) is 3.35. The fourth-order valence-electron chi connectivity index (χ4n) is 3.81. The van der Waals surface area contributed by atoms with Crippen LogP contribution in [0.15, 0.2) is 41.3 Å². The number of halogens is 3. The van der Waals surface area contributed by atoms with E-state index in [0.717, 1.165) is 5.56 Å². The van der Waals surface area contributed by atoms with Gasteiger partial charge in [-0.3, -0.25) is 4.90 Å². The lowest BCUT2D eigenvalue weighted by molar-refractivity contribution is -0.668. The van der Waals surface area contributed by atoms with Crippen molar-refractivity contribution in [2.45, 2.75) is 13.0 Å². The molecule has 0 saturated heterocycles. The highest BCUT2D eigenvalue weighted by Crippen LogP contribution is 2.35. The minimum atomic E-state index is -0.329. The van der Waals surface area contributed by atoms with E-state index < -0.39 is 0 Å². The van der Waals surface area contributed by atoms with Gasteiger partial charge < -0.3 is 5.11 Å². The van der Waals surface area contributed by atoms with Crippen LogP contribution in [0.3, 0.4) is 0 Å². The summed E-state index contributed by atoms with van der Waals surface area (Å²) in [6.07, 6.45) is 1.67. The summed E-state index contributed by atoms with van der Waals surface area (Å²) in [6, 6.07) is 8.09. The lowest BCUT2D eigenvalue weighted by Crippen LogP contribution is -2.42. The Labute approximate surface area is 182 Å². The van der Waals surface area contributed by atoms with Crippen molar-refractivity contribution >= 4 is 40.8 Å². The molecule has 6 nitrogen and oxygen atoms in total. The Balaban J connectivity index is 2.01. The minimum Gasteiger partial charge on any atom is -0.483 e. The van der Waals surface area contributed by atoms with Crippen LogP contribution in [-0.4, -0.2) is 27.7 Å². The quantitative estimate of drug-likeness (QED) is 0.485. The molecule has 0 fully saturated rings. The van der Waals surface area contributed by atoms with Gasteiger partial charge >= 0.3 is 11.5 Å². The summed E-state index contributed by atoms with van der Waals surface area (Å²) in [5, 5.41) is 12.0. The molecule has 0 amide bonds. The summed E-state index contributed by atoms with van der Waals surface area (Å²) in [5.74, 6) is 0.472. The number of hydrogen-bond donors (Lipinski definition) is 1. The van der Waals surface area contributed by atoms with Crippen LogP contribution in [0.5, 0.6) is 5.88 Å². The zero-order chi connectivity index (χ0) is 20.9. The number of fused-ring (bicyclic) bond motifs is 1. The summed E-state index contributed by atoms with van der Waals surface area (Å²) in [6.45, 7) is 3.24. The predicted molar refractivity (Wildman–Crippen MR) is 114 cm³/mol. The highest BCUT2D eigenvalue weighted by molar-refractivity contribution is 6.35. The molecule has 0 radical (unpaired) electrons. The first-order valence-electron chi connectivity index (χ1n) is 9.02. The summed E-state index contributed by atoms with van der Waals surface area (Å²) in [5.41, 5.74) is 1.13. The highest BCUT2D eigenvalue weighted by Gasteiger charge is 2.42. The van der Waals surface area contributed by atoms with Crippen LogP contribution < -0.4 is 15.0 Å². The zero-order valence-electron chi connectivity index (χ0n) is 15.7. The molecular formula is C20H18Cl3N4O2+. The summed E-state index contributed by atoms with van der Waals surface area (Å²) in [7, 11) is 1.72. The number of nitrogens with zero attached hydrogens (tertiary/aromatic N) is 4. The molecule has 0 spiro atoms. The standard InChI is InChI=1S/C20H17Cl3N4O2/c1-3-26-10-15(11-4-5-16(23)24-9-11)27-19(29)17(18(28)25(2)20(26)27)12-6-13(21)8-14(22)7-12/h4-9,15H,3,10H2,1-2H3/p+1. The molecule has 4 rings (SSSR count). The van der Waals surface area contributed by atoms with Crippen molar-refractivity contribution in [3.8, 4) is 17.0 Å². The summed E-state index contributed by atoms with van der Waals surface area (Å²) >= 11 is 18.2. The molecule has 1 N–H and O–H groups in total. The first-order chi connectivity index (χ1) is 13.8. The van der Waals surface area contributed by atoms with Gasteiger partial charge in [-0.25, -0.2) is 14.3 Å². The molecule has 0 bridgehead atoms. The number of likely N-dealkylation sites (N-methyl/N-ethyl adjacent to an activating group) is 1. The number of rotatable bonds is 3. The maximum Gasteiger partial charge on any atom is 0.366 e. The summed E-state index contributed by atoms with van der Waals surface area (Å²) in [4.78, 5) is 19.8. The molecule has 150 valence electrons. The van der Waals surface area contributed by atoms with Gasteiger partial charge in [-0.15, -0.1) is 0 Å². The topological polar surface area (TPSA) is 62.2 Å². The van der Waals surface area contributed by atoms with Gasteiger partial charge in [0.15, 0.2) is 0 Å². The molecule has 9 heteroatoms. The Morgan fingerprint density at radius 3 is 2.48 bits per heavy atom. The molecule has 1 aromatic carbocycles. The SMILES string of the molecule is CCN1CC(c2ccc(Cl)nc2)n2c1[n+](C)c(O)c(-c1cc(Cl)cc(Cl)c1)c2=O. The van der Waals surface area contributed by atoms with E-state index in [9.17, 15) is 9.90 Å². The molecule has 1 aliphatic heterocycles. The lowest BCUT2D eigenvalue weighted by atomic mass is 10.1. The second kappa shape index (κ2) is 7.52. The normalized spacial score (nSPS) is 15.6. The van der Waals surface area contributed by atoms with Crippen LogP contribution in [0, 0.1) is 0 Å². The third-order valence-electron chi connectivity index (χ3n) is 5.15. The Morgan fingerprint density at radius 2 is 1.90 bits per heavy atom. The van der Waals surface area contributed by atoms with Crippen molar-refractivity contribution in [3.63, 3.8) is 0 Å². The van der Waals surface area contributed by atoms with Crippen molar-refractivity contribution in [1.82, 2.24) is 9.55 Å². The van der Waals surface area contributed by atoms with Gasteiger partial charge in [0.2, 0.25) is 0 Å². The number of aromatic hydroxyl groups is 1. The van der Waals surface area contributed by atoms with Gasteiger partial charge in [-0.2, -0.15) is 4.57 Å². The van der Waals surface area contributed by atoms with E-state index in [-0.39, 0.29) is 23.0 Å². The Morgan fingerprint density at radius 1 is 1.21 bits per heavy atom.